The molecule has 0 unspecified atom stereocenters. The van der Waals surface area contributed by atoms with Crippen LogP contribution in [0.15, 0.2) is 18.2 Å². The number of nitrogens with one attached hydrogen (secondary N) is 3. The topological polar surface area (TPSA) is 83.9 Å². The Bertz CT molecular complexity index is 826. The summed E-state index contributed by atoms with van der Waals surface area (Å²) in [6.45, 7) is 5.09. The predicted molar refractivity (Wildman–Crippen MR) is 104 cm³/mol. The van der Waals surface area contributed by atoms with Crippen molar-refractivity contribution in [3.63, 3.8) is 0 Å². The predicted octanol–water partition coefficient (Wildman–Crippen LogP) is 3.82. The van der Waals surface area contributed by atoms with Gasteiger partial charge in [-0.05, 0) is 38.2 Å². The molecular formula is C15H18Cl2N6OS. The van der Waals surface area contributed by atoms with E-state index in [0.717, 1.165) is 0 Å². The van der Waals surface area contributed by atoms with Crippen LogP contribution in [0.3, 0.4) is 0 Å². The van der Waals surface area contributed by atoms with Crippen LogP contribution in [0.1, 0.15) is 13.8 Å². The van der Waals surface area contributed by atoms with Gasteiger partial charge in [-0.25, -0.2) is 0 Å². The molecule has 0 aliphatic rings. The number of hydrogen-bond donors (Lipinski definition) is 3. The molecule has 2 rings (SSSR count). The number of hydrogen-bond acceptors (Lipinski definition) is 6. The van der Waals surface area contributed by atoms with Gasteiger partial charge in [-0.1, -0.05) is 29.3 Å². The molecule has 0 radical (unpaired) electrons. The number of rotatable bonds is 7. The van der Waals surface area contributed by atoms with Gasteiger partial charge in [0.15, 0.2) is 0 Å². The second-order valence-corrected chi connectivity index (χ2v) is 6.10. The molecule has 0 aliphatic heterocycles. The first-order valence-electron chi connectivity index (χ1n) is 7.66. The second kappa shape index (κ2) is 8.98. The van der Waals surface area contributed by atoms with E-state index in [-0.39, 0.29) is 22.2 Å². The summed E-state index contributed by atoms with van der Waals surface area (Å²) in [7, 11) is 0. The number of aromatic nitrogens is 3. The third kappa shape index (κ3) is 5.04. The maximum absolute atomic E-state index is 12.4. The fourth-order valence-corrected chi connectivity index (χ4v) is 2.62. The molecule has 1 heterocycles. The quantitative estimate of drug-likeness (QED) is 0.612. The molecule has 0 saturated carbocycles. The Labute approximate surface area is 160 Å². The van der Waals surface area contributed by atoms with E-state index < -0.39 is 0 Å². The van der Waals surface area contributed by atoms with Crippen molar-refractivity contribution in [3.05, 3.63) is 33.0 Å². The molecule has 25 heavy (non-hydrogen) atoms. The van der Waals surface area contributed by atoms with E-state index in [0.29, 0.717) is 35.7 Å². The standard InChI is InChI=1S/C15H18Cl2N6OS/c1-3-18-13-21-14(19-4-2)23(15(25)22-13)8-11(24)20-10-7-5-6-9(16)12(10)17/h5-7H,3-4,8H2,1-2H3,(H,20,24)(H2,18,19,21,22,25). The summed E-state index contributed by atoms with van der Waals surface area (Å²) in [6.07, 6.45) is 0. The molecule has 7 nitrogen and oxygen atoms in total. The number of carbonyl (C=O) groups is 1. The van der Waals surface area contributed by atoms with Gasteiger partial charge in [0.1, 0.15) is 6.54 Å². The van der Waals surface area contributed by atoms with Gasteiger partial charge in [-0.3, -0.25) is 9.36 Å². The van der Waals surface area contributed by atoms with Crippen molar-refractivity contribution in [1.29, 1.82) is 0 Å². The zero-order chi connectivity index (χ0) is 18.4. The van der Waals surface area contributed by atoms with E-state index in [4.69, 9.17) is 35.4 Å². The number of anilines is 3. The summed E-state index contributed by atoms with van der Waals surface area (Å²) >= 11 is 17.3. The Morgan fingerprint density at radius 1 is 1.20 bits per heavy atom. The molecule has 0 atom stereocenters. The van der Waals surface area contributed by atoms with E-state index in [1.807, 2.05) is 13.8 Å². The molecule has 1 aromatic heterocycles. The van der Waals surface area contributed by atoms with Gasteiger partial charge in [0.2, 0.25) is 22.6 Å². The Morgan fingerprint density at radius 3 is 2.60 bits per heavy atom. The number of benzene rings is 1. The number of carbonyl (C=O) groups excluding carboxylic acids is 1. The maximum Gasteiger partial charge on any atom is 0.244 e. The highest BCUT2D eigenvalue weighted by molar-refractivity contribution is 7.71. The van der Waals surface area contributed by atoms with Gasteiger partial charge in [-0.15, -0.1) is 0 Å². The van der Waals surface area contributed by atoms with E-state index in [9.17, 15) is 4.79 Å². The van der Waals surface area contributed by atoms with Crippen LogP contribution in [-0.4, -0.2) is 33.5 Å². The minimum absolute atomic E-state index is 0.0591. The van der Waals surface area contributed by atoms with Crippen LogP contribution in [0.5, 0.6) is 0 Å². The van der Waals surface area contributed by atoms with Crippen LogP contribution in [0.4, 0.5) is 17.6 Å². The van der Waals surface area contributed by atoms with E-state index in [1.165, 1.54) is 4.57 Å². The van der Waals surface area contributed by atoms with Gasteiger partial charge >= 0.3 is 0 Å². The van der Waals surface area contributed by atoms with Crippen LogP contribution < -0.4 is 16.0 Å². The average molecular weight is 401 g/mol. The lowest BCUT2D eigenvalue weighted by Crippen LogP contribution is -2.23. The normalized spacial score (nSPS) is 10.4. The molecule has 0 spiro atoms. The summed E-state index contributed by atoms with van der Waals surface area (Å²) in [4.78, 5) is 20.9. The molecule has 0 bridgehead atoms. The zero-order valence-electron chi connectivity index (χ0n) is 13.8. The van der Waals surface area contributed by atoms with Crippen LogP contribution in [0, 0.1) is 4.77 Å². The van der Waals surface area contributed by atoms with E-state index >= 15 is 0 Å². The Hall–Kier alpha value is -1.90. The molecule has 0 aliphatic carbocycles. The van der Waals surface area contributed by atoms with Crippen molar-refractivity contribution in [3.8, 4) is 0 Å². The summed E-state index contributed by atoms with van der Waals surface area (Å²) < 4.78 is 1.77. The largest absolute Gasteiger partial charge is 0.356 e. The van der Waals surface area contributed by atoms with Gasteiger partial charge in [0.25, 0.3) is 0 Å². The summed E-state index contributed by atoms with van der Waals surface area (Å²) in [6, 6.07) is 5.02. The minimum atomic E-state index is -0.320. The van der Waals surface area contributed by atoms with Crippen LogP contribution in [-0.2, 0) is 11.3 Å². The fraction of sp³-hybridized carbons (Fsp3) is 0.333. The van der Waals surface area contributed by atoms with Crippen molar-refractivity contribution in [2.24, 2.45) is 0 Å². The smallest absolute Gasteiger partial charge is 0.244 e. The van der Waals surface area contributed by atoms with Crippen LogP contribution >= 0.6 is 35.4 Å². The molecule has 10 heteroatoms. The highest BCUT2D eigenvalue weighted by Crippen LogP contribution is 2.29. The summed E-state index contributed by atoms with van der Waals surface area (Å²) in [5.74, 6) is 0.558. The molecule has 1 amide bonds. The lowest BCUT2D eigenvalue weighted by atomic mass is 10.3. The van der Waals surface area contributed by atoms with Crippen LogP contribution in [0.25, 0.3) is 0 Å². The highest BCUT2D eigenvalue weighted by Gasteiger charge is 2.13. The SMILES string of the molecule is CCNc1nc(NCC)n(CC(=O)Nc2cccc(Cl)c2Cl)c(=S)n1. The highest BCUT2D eigenvalue weighted by atomic mass is 35.5. The van der Waals surface area contributed by atoms with Gasteiger partial charge in [0.05, 0.1) is 15.7 Å². The third-order valence-electron chi connectivity index (χ3n) is 3.10. The Morgan fingerprint density at radius 2 is 1.92 bits per heavy atom. The minimum Gasteiger partial charge on any atom is -0.356 e. The van der Waals surface area contributed by atoms with Crippen molar-refractivity contribution >= 4 is 58.9 Å². The van der Waals surface area contributed by atoms with Gasteiger partial charge in [-0.2, -0.15) is 9.97 Å². The first-order valence-corrected chi connectivity index (χ1v) is 8.83. The molecule has 1 aromatic carbocycles. The monoisotopic (exact) mass is 400 g/mol. The van der Waals surface area contributed by atoms with Crippen molar-refractivity contribution in [2.45, 2.75) is 20.4 Å². The molecule has 3 N–H and O–H groups in total. The zero-order valence-corrected chi connectivity index (χ0v) is 16.1. The maximum atomic E-state index is 12.4. The Kier molecular flexibility index (Phi) is 6.98. The van der Waals surface area contributed by atoms with E-state index in [2.05, 4.69) is 25.9 Å². The fourth-order valence-electron chi connectivity index (χ4n) is 2.03. The van der Waals surface area contributed by atoms with Gasteiger partial charge in [0, 0.05) is 13.1 Å². The molecule has 2 aromatic rings. The lowest BCUT2D eigenvalue weighted by molar-refractivity contribution is -0.116. The molecular weight excluding hydrogens is 383 g/mol. The summed E-state index contributed by atoms with van der Waals surface area (Å²) in [5, 5.41) is 9.45. The first kappa shape index (κ1) is 19.4. The molecule has 134 valence electrons. The van der Waals surface area contributed by atoms with Gasteiger partial charge < -0.3 is 16.0 Å². The lowest BCUT2D eigenvalue weighted by Gasteiger charge is -2.15. The van der Waals surface area contributed by atoms with Crippen molar-refractivity contribution in [2.75, 3.05) is 29.0 Å². The van der Waals surface area contributed by atoms with Crippen LogP contribution in [0.2, 0.25) is 10.0 Å². The number of halogens is 2. The Balaban J connectivity index is 2.24. The average Bonchev–Trinajstić information content (AvgIpc) is 2.56. The summed E-state index contributed by atoms with van der Waals surface area (Å²) in [5.41, 5.74) is 0.431. The van der Waals surface area contributed by atoms with E-state index in [1.54, 1.807) is 18.2 Å². The third-order valence-corrected chi connectivity index (χ3v) is 4.23. The van der Waals surface area contributed by atoms with Crippen molar-refractivity contribution < 1.29 is 4.79 Å². The number of amides is 1. The van der Waals surface area contributed by atoms with Crippen molar-refractivity contribution in [1.82, 2.24) is 14.5 Å². The number of nitrogens with zero attached hydrogens (tertiary/aromatic N) is 3. The molecule has 0 fully saturated rings. The molecule has 0 saturated heterocycles. The second-order valence-electron chi connectivity index (χ2n) is 4.95. The first-order chi connectivity index (χ1) is 12.0.